The number of aromatic nitrogens is 2. The van der Waals surface area contributed by atoms with Crippen LogP contribution in [0.2, 0.25) is 0 Å². The van der Waals surface area contributed by atoms with Crippen molar-refractivity contribution in [3.05, 3.63) is 18.0 Å². The van der Waals surface area contributed by atoms with Gasteiger partial charge in [0, 0.05) is 11.8 Å². The fourth-order valence-electron chi connectivity index (χ4n) is 2.63. The van der Waals surface area contributed by atoms with Crippen LogP contribution in [0.4, 0.5) is 0 Å². The molecule has 0 bridgehead atoms. The maximum absolute atomic E-state index is 6.06. The van der Waals surface area contributed by atoms with Crippen LogP contribution in [0.1, 0.15) is 62.9 Å². The van der Waals surface area contributed by atoms with Gasteiger partial charge in [0.1, 0.15) is 0 Å². The van der Waals surface area contributed by atoms with Gasteiger partial charge < -0.3 is 0 Å². The van der Waals surface area contributed by atoms with Crippen molar-refractivity contribution >= 4 is 11.6 Å². The van der Waals surface area contributed by atoms with E-state index in [0.717, 1.165) is 11.5 Å². The average molecular weight is 241 g/mol. The summed E-state index contributed by atoms with van der Waals surface area (Å²) in [5, 5.41) is 4.53. The minimum absolute atomic E-state index is 0.0688. The number of hydrogen-bond donors (Lipinski definition) is 0. The molecule has 0 spiro atoms. The summed E-state index contributed by atoms with van der Waals surface area (Å²) >= 11 is 6.06. The zero-order valence-corrected chi connectivity index (χ0v) is 11.0. The fourth-order valence-corrected chi connectivity index (χ4v) is 2.74. The molecule has 1 aromatic rings. The van der Waals surface area contributed by atoms with Crippen LogP contribution in [0.5, 0.6) is 0 Å². The van der Waals surface area contributed by atoms with E-state index in [-0.39, 0.29) is 5.38 Å². The molecule has 0 N–H and O–H groups in total. The van der Waals surface area contributed by atoms with Crippen LogP contribution < -0.4 is 0 Å². The van der Waals surface area contributed by atoms with Gasteiger partial charge in [0.05, 0.1) is 17.6 Å². The Morgan fingerprint density at radius 1 is 1.56 bits per heavy atom. The first-order valence-corrected chi connectivity index (χ1v) is 6.82. The second-order valence-electron chi connectivity index (χ2n) is 4.96. The van der Waals surface area contributed by atoms with E-state index in [0.29, 0.717) is 6.04 Å². The molecule has 0 radical (unpaired) electrons. The summed E-state index contributed by atoms with van der Waals surface area (Å²) in [5.74, 6) is 0.889. The Balaban J connectivity index is 2.05. The minimum atomic E-state index is 0.0688. The number of rotatable bonds is 3. The van der Waals surface area contributed by atoms with E-state index in [1.165, 1.54) is 32.1 Å². The molecule has 1 heterocycles. The Hall–Kier alpha value is -0.500. The van der Waals surface area contributed by atoms with Crippen molar-refractivity contribution in [2.24, 2.45) is 5.92 Å². The van der Waals surface area contributed by atoms with Crippen LogP contribution in [-0.2, 0) is 0 Å². The molecule has 3 heteroatoms. The Bertz CT molecular complexity index is 332. The fraction of sp³-hybridized carbons (Fsp3) is 0.769. The lowest BCUT2D eigenvalue weighted by molar-refractivity contribution is 0.247. The number of halogens is 1. The molecule has 90 valence electrons. The number of alkyl halides is 1. The van der Waals surface area contributed by atoms with Gasteiger partial charge in [-0.05, 0) is 25.7 Å². The third kappa shape index (κ3) is 2.60. The predicted molar refractivity (Wildman–Crippen MR) is 67.8 cm³/mol. The van der Waals surface area contributed by atoms with E-state index in [1.807, 2.05) is 13.1 Å². The maximum Gasteiger partial charge on any atom is 0.0588 e. The molecule has 0 aliphatic heterocycles. The van der Waals surface area contributed by atoms with Crippen molar-refractivity contribution in [2.45, 2.75) is 57.4 Å². The van der Waals surface area contributed by atoms with Crippen LogP contribution in [0.3, 0.4) is 0 Å². The third-order valence-corrected chi connectivity index (χ3v) is 4.04. The highest BCUT2D eigenvalue weighted by molar-refractivity contribution is 6.20. The molecule has 3 atom stereocenters. The SMILES string of the molecule is CCC1CCCC(n2cc(C(C)Cl)cn2)C1. The molecule has 16 heavy (non-hydrogen) atoms. The van der Waals surface area contributed by atoms with E-state index in [9.17, 15) is 0 Å². The van der Waals surface area contributed by atoms with Gasteiger partial charge in [-0.3, -0.25) is 4.68 Å². The van der Waals surface area contributed by atoms with Crippen molar-refractivity contribution in [1.82, 2.24) is 9.78 Å². The van der Waals surface area contributed by atoms with Gasteiger partial charge in [0.15, 0.2) is 0 Å². The lowest BCUT2D eigenvalue weighted by atomic mass is 9.84. The zero-order chi connectivity index (χ0) is 11.5. The van der Waals surface area contributed by atoms with Gasteiger partial charge in [-0.2, -0.15) is 5.10 Å². The summed E-state index contributed by atoms with van der Waals surface area (Å²) in [6, 6.07) is 0.600. The van der Waals surface area contributed by atoms with Gasteiger partial charge in [-0.1, -0.05) is 26.2 Å². The van der Waals surface area contributed by atoms with E-state index in [2.05, 4.69) is 22.9 Å². The van der Waals surface area contributed by atoms with Crippen molar-refractivity contribution < 1.29 is 0 Å². The molecular formula is C13H21ClN2. The Morgan fingerprint density at radius 3 is 3.00 bits per heavy atom. The molecular weight excluding hydrogens is 220 g/mol. The highest BCUT2D eigenvalue weighted by Crippen LogP contribution is 2.34. The van der Waals surface area contributed by atoms with Gasteiger partial charge in [0.25, 0.3) is 0 Å². The average Bonchev–Trinajstić information content (AvgIpc) is 2.78. The number of hydrogen-bond acceptors (Lipinski definition) is 1. The van der Waals surface area contributed by atoms with E-state index < -0.39 is 0 Å². The minimum Gasteiger partial charge on any atom is -0.269 e. The maximum atomic E-state index is 6.06. The van der Waals surface area contributed by atoms with Gasteiger partial charge in [-0.25, -0.2) is 0 Å². The zero-order valence-electron chi connectivity index (χ0n) is 10.2. The molecule has 0 saturated heterocycles. The van der Waals surface area contributed by atoms with Crippen LogP contribution in [0, 0.1) is 5.92 Å². The Kier molecular flexibility index (Phi) is 3.91. The van der Waals surface area contributed by atoms with Gasteiger partial charge >= 0.3 is 0 Å². The van der Waals surface area contributed by atoms with Crippen molar-refractivity contribution in [3.8, 4) is 0 Å². The predicted octanol–water partition coefficient (Wildman–Crippen LogP) is 4.32. The topological polar surface area (TPSA) is 17.8 Å². The third-order valence-electron chi connectivity index (χ3n) is 3.79. The van der Waals surface area contributed by atoms with Gasteiger partial charge in [0.2, 0.25) is 0 Å². The molecule has 3 unspecified atom stereocenters. The summed E-state index contributed by atoms with van der Waals surface area (Å²) in [6.07, 6.45) is 10.6. The monoisotopic (exact) mass is 240 g/mol. The molecule has 2 nitrogen and oxygen atoms in total. The molecule has 1 aromatic heterocycles. The largest absolute Gasteiger partial charge is 0.269 e. The van der Waals surface area contributed by atoms with E-state index in [1.54, 1.807) is 0 Å². The van der Waals surface area contributed by atoms with Crippen molar-refractivity contribution in [2.75, 3.05) is 0 Å². The molecule has 1 aliphatic rings. The first-order chi connectivity index (χ1) is 7.70. The quantitative estimate of drug-likeness (QED) is 0.720. The van der Waals surface area contributed by atoms with E-state index in [4.69, 9.17) is 11.6 Å². The van der Waals surface area contributed by atoms with Gasteiger partial charge in [-0.15, -0.1) is 11.6 Å². The lowest BCUT2D eigenvalue weighted by Crippen LogP contribution is -2.19. The highest BCUT2D eigenvalue weighted by Gasteiger charge is 2.22. The van der Waals surface area contributed by atoms with Crippen LogP contribution in [0.15, 0.2) is 12.4 Å². The van der Waals surface area contributed by atoms with Crippen LogP contribution in [-0.4, -0.2) is 9.78 Å². The molecule has 0 amide bonds. The first kappa shape index (κ1) is 12.0. The smallest absolute Gasteiger partial charge is 0.0588 e. The second-order valence-corrected chi connectivity index (χ2v) is 5.62. The van der Waals surface area contributed by atoms with E-state index >= 15 is 0 Å². The molecule has 1 fully saturated rings. The summed E-state index contributed by atoms with van der Waals surface area (Å²) in [7, 11) is 0. The second kappa shape index (κ2) is 5.22. The normalized spacial score (nSPS) is 27.9. The lowest BCUT2D eigenvalue weighted by Gasteiger charge is -2.28. The van der Waals surface area contributed by atoms with Crippen LogP contribution >= 0.6 is 11.6 Å². The summed E-state index contributed by atoms with van der Waals surface area (Å²) < 4.78 is 2.13. The van der Waals surface area contributed by atoms with Crippen molar-refractivity contribution in [3.63, 3.8) is 0 Å². The van der Waals surface area contributed by atoms with Crippen LogP contribution in [0.25, 0.3) is 0 Å². The summed E-state index contributed by atoms with van der Waals surface area (Å²) in [4.78, 5) is 0. The summed E-state index contributed by atoms with van der Waals surface area (Å²) in [5.41, 5.74) is 1.14. The van der Waals surface area contributed by atoms with Crippen molar-refractivity contribution in [1.29, 1.82) is 0 Å². The molecule has 0 aromatic carbocycles. The molecule has 1 aliphatic carbocycles. The first-order valence-electron chi connectivity index (χ1n) is 6.38. The Morgan fingerprint density at radius 2 is 2.38 bits per heavy atom. The standard InChI is InChI=1S/C13H21ClN2/c1-3-11-5-4-6-13(7-11)16-9-12(8-15-16)10(2)14/h8-11,13H,3-7H2,1-2H3. The number of nitrogens with zero attached hydrogens (tertiary/aromatic N) is 2. The summed E-state index contributed by atoms with van der Waals surface area (Å²) in [6.45, 7) is 4.29. The molecule has 1 saturated carbocycles. The molecule has 2 rings (SSSR count). The Labute approximate surface area is 103 Å². The highest BCUT2D eigenvalue weighted by atomic mass is 35.5.